The fourth-order valence-corrected chi connectivity index (χ4v) is 2.68. The Bertz CT molecular complexity index is 628. The Labute approximate surface area is 131 Å². The highest BCUT2D eigenvalue weighted by Crippen LogP contribution is 2.23. The van der Waals surface area contributed by atoms with Crippen molar-refractivity contribution >= 4 is 46.1 Å². The van der Waals surface area contributed by atoms with Crippen molar-refractivity contribution < 1.29 is 4.79 Å². The second-order valence-electron chi connectivity index (χ2n) is 4.31. The molecule has 0 atom stereocenters. The number of benzene rings is 1. The highest BCUT2D eigenvalue weighted by Gasteiger charge is 2.13. The van der Waals surface area contributed by atoms with Crippen LogP contribution in [0.2, 0.25) is 9.36 Å². The molecule has 0 fully saturated rings. The summed E-state index contributed by atoms with van der Waals surface area (Å²) in [5.41, 5.74) is 1.28. The van der Waals surface area contributed by atoms with Crippen molar-refractivity contribution in [2.24, 2.45) is 0 Å². The topological polar surface area (TPSA) is 45.2 Å². The molecule has 1 aromatic carbocycles. The van der Waals surface area contributed by atoms with E-state index in [0.717, 1.165) is 10.7 Å². The van der Waals surface area contributed by atoms with Gasteiger partial charge < -0.3 is 10.2 Å². The monoisotopic (exact) mass is 329 g/mol. The summed E-state index contributed by atoms with van der Waals surface area (Å²) in [4.78, 5) is 17.6. The molecule has 0 aliphatic rings. The van der Waals surface area contributed by atoms with Crippen molar-refractivity contribution in [1.82, 2.24) is 9.88 Å². The van der Waals surface area contributed by atoms with Crippen LogP contribution in [0.15, 0.2) is 24.4 Å². The number of nitrogens with one attached hydrogen (secondary N) is 1. The molecule has 1 heterocycles. The van der Waals surface area contributed by atoms with E-state index in [-0.39, 0.29) is 5.91 Å². The predicted molar refractivity (Wildman–Crippen MR) is 83.9 cm³/mol. The maximum atomic E-state index is 12.0. The SMILES string of the molecule is CN(C)C(=O)c1cc(NCc2ncc(Cl)s2)ccc1Cl. The number of amides is 1. The number of halogens is 2. The van der Waals surface area contributed by atoms with Gasteiger partial charge in [0.25, 0.3) is 5.91 Å². The summed E-state index contributed by atoms with van der Waals surface area (Å²) in [6.45, 7) is 0.550. The quantitative estimate of drug-likeness (QED) is 0.928. The summed E-state index contributed by atoms with van der Waals surface area (Å²) in [5.74, 6) is -0.129. The number of anilines is 1. The van der Waals surface area contributed by atoms with Crippen LogP contribution in [0.4, 0.5) is 5.69 Å². The van der Waals surface area contributed by atoms with E-state index in [0.29, 0.717) is 21.5 Å². The average molecular weight is 330 g/mol. The number of carbonyl (C=O) groups is 1. The Balaban J connectivity index is 2.13. The highest BCUT2D eigenvalue weighted by atomic mass is 35.5. The summed E-state index contributed by atoms with van der Waals surface area (Å²) in [7, 11) is 3.38. The zero-order valence-electron chi connectivity index (χ0n) is 11.0. The molecule has 4 nitrogen and oxygen atoms in total. The van der Waals surface area contributed by atoms with Crippen LogP contribution in [0.25, 0.3) is 0 Å². The molecule has 0 aliphatic heterocycles. The Morgan fingerprint density at radius 1 is 1.40 bits per heavy atom. The van der Waals surface area contributed by atoms with Crippen molar-refractivity contribution in [2.75, 3.05) is 19.4 Å². The third-order valence-corrected chi connectivity index (χ3v) is 4.02. The lowest BCUT2D eigenvalue weighted by Crippen LogP contribution is -2.22. The lowest BCUT2D eigenvalue weighted by atomic mass is 10.1. The number of aromatic nitrogens is 1. The molecule has 2 aromatic rings. The molecule has 20 heavy (non-hydrogen) atoms. The highest BCUT2D eigenvalue weighted by molar-refractivity contribution is 7.15. The van der Waals surface area contributed by atoms with Crippen LogP contribution < -0.4 is 5.32 Å². The van der Waals surface area contributed by atoms with Crippen LogP contribution in [0.5, 0.6) is 0 Å². The first kappa shape index (κ1) is 15.1. The Kier molecular flexibility index (Phi) is 4.86. The molecular formula is C13H13Cl2N3OS. The molecular weight excluding hydrogens is 317 g/mol. The molecule has 106 valence electrons. The van der Waals surface area contributed by atoms with E-state index in [9.17, 15) is 4.79 Å². The minimum absolute atomic E-state index is 0.129. The first-order valence-electron chi connectivity index (χ1n) is 5.82. The number of nitrogens with zero attached hydrogens (tertiary/aromatic N) is 2. The van der Waals surface area contributed by atoms with Crippen molar-refractivity contribution in [3.63, 3.8) is 0 Å². The third-order valence-electron chi connectivity index (χ3n) is 2.57. The van der Waals surface area contributed by atoms with E-state index in [1.165, 1.54) is 16.2 Å². The van der Waals surface area contributed by atoms with E-state index in [1.807, 2.05) is 6.07 Å². The molecule has 1 N–H and O–H groups in total. The van der Waals surface area contributed by atoms with Gasteiger partial charge in [0, 0.05) is 19.8 Å². The second kappa shape index (κ2) is 6.43. The van der Waals surface area contributed by atoms with Gasteiger partial charge in [-0.05, 0) is 18.2 Å². The molecule has 2 rings (SSSR count). The zero-order chi connectivity index (χ0) is 14.7. The molecule has 1 aromatic heterocycles. The van der Waals surface area contributed by atoms with Gasteiger partial charge in [-0.2, -0.15) is 0 Å². The number of thiazole rings is 1. The first-order chi connectivity index (χ1) is 9.47. The largest absolute Gasteiger partial charge is 0.379 e. The van der Waals surface area contributed by atoms with Crippen LogP contribution >= 0.6 is 34.5 Å². The maximum absolute atomic E-state index is 12.0. The molecule has 0 saturated heterocycles. The van der Waals surface area contributed by atoms with Gasteiger partial charge in [-0.15, -0.1) is 11.3 Å². The summed E-state index contributed by atoms with van der Waals surface area (Å²) < 4.78 is 0.654. The van der Waals surface area contributed by atoms with E-state index >= 15 is 0 Å². The summed E-state index contributed by atoms with van der Waals surface area (Å²) >= 11 is 13.3. The van der Waals surface area contributed by atoms with Crippen molar-refractivity contribution in [3.05, 3.63) is 44.3 Å². The van der Waals surface area contributed by atoms with Crippen LogP contribution in [0.3, 0.4) is 0 Å². The zero-order valence-corrected chi connectivity index (χ0v) is 13.3. The number of rotatable bonds is 4. The molecule has 1 amide bonds. The Hall–Kier alpha value is -1.30. The summed E-state index contributed by atoms with van der Waals surface area (Å²) in [5, 5.41) is 4.51. The number of hydrogen-bond acceptors (Lipinski definition) is 4. The maximum Gasteiger partial charge on any atom is 0.254 e. The molecule has 0 bridgehead atoms. The summed E-state index contributed by atoms with van der Waals surface area (Å²) in [6.07, 6.45) is 1.62. The van der Waals surface area contributed by atoms with Crippen LogP contribution in [0.1, 0.15) is 15.4 Å². The van der Waals surface area contributed by atoms with Crippen LogP contribution in [-0.4, -0.2) is 29.9 Å². The van der Waals surface area contributed by atoms with E-state index in [4.69, 9.17) is 23.2 Å². The van der Waals surface area contributed by atoms with Gasteiger partial charge in [-0.1, -0.05) is 23.2 Å². The smallest absolute Gasteiger partial charge is 0.254 e. The van der Waals surface area contributed by atoms with E-state index in [2.05, 4.69) is 10.3 Å². The normalized spacial score (nSPS) is 10.4. The molecule has 7 heteroatoms. The third kappa shape index (κ3) is 3.62. The van der Waals surface area contributed by atoms with E-state index < -0.39 is 0 Å². The molecule has 0 saturated carbocycles. The lowest BCUT2D eigenvalue weighted by Gasteiger charge is -2.13. The fraction of sp³-hybridized carbons (Fsp3) is 0.231. The van der Waals surface area contributed by atoms with Crippen molar-refractivity contribution in [3.8, 4) is 0 Å². The van der Waals surface area contributed by atoms with Crippen molar-refractivity contribution in [1.29, 1.82) is 0 Å². The summed E-state index contributed by atoms with van der Waals surface area (Å²) in [6, 6.07) is 5.26. The predicted octanol–water partition coefficient (Wildman–Crippen LogP) is 3.76. The Morgan fingerprint density at radius 2 is 2.15 bits per heavy atom. The molecule has 0 unspecified atom stereocenters. The minimum atomic E-state index is -0.129. The van der Waals surface area contributed by atoms with Crippen LogP contribution in [-0.2, 0) is 6.54 Å². The standard InChI is InChI=1S/C13H13Cl2N3OS/c1-18(2)13(19)9-5-8(3-4-10(9)14)16-7-12-17-6-11(15)20-12/h3-6,16H,7H2,1-2H3. The molecule has 0 aliphatic carbocycles. The van der Waals surface area contributed by atoms with Gasteiger partial charge >= 0.3 is 0 Å². The van der Waals surface area contributed by atoms with Gasteiger partial charge in [0.05, 0.1) is 23.3 Å². The first-order valence-corrected chi connectivity index (χ1v) is 7.40. The molecule has 0 radical (unpaired) electrons. The number of carbonyl (C=O) groups excluding carboxylic acids is 1. The lowest BCUT2D eigenvalue weighted by molar-refractivity contribution is 0.0828. The van der Waals surface area contributed by atoms with Gasteiger partial charge in [0.2, 0.25) is 0 Å². The van der Waals surface area contributed by atoms with E-state index in [1.54, 1.807) is 32.4 Å². The van der Waals surface area contributed by atoms with Gasteiger partial charge in [0.15, 0.2) is 0 Å². The van der Waals surface area contributed by atoms with Crippen molar-refractivity contribution in [2.45, 2.75) is 6.54 Å². The minimum Gasteiger partial charge on any atom is -0.379 e. The fourth-order valence-electron chi connectivity index (χ4n) is 1.59. The second-order valence-corrected chi connectivity index (χ2v) is 6.46. The van der Waals surface area contributed by atoms with Gasteiger partial charge in [0.1, 0.15) is 9.34 Å². The van der Waals surface area contributed by atoms with Gasteiger partial charge in [-0.25, -0.2) is 4.98 Å². The van der Waals surface area contributed by atoms with Crippen LogP contribution in [0, 0.1) is 0 Å². The number of hydrogen-bond donors (Lipinski definition) is 1. The average Bonchev–Trinajstić information content (AvgIpc) is 2.82. The Morgan fingerprint density at radius 3 is 2.75 bits per heavy atom. The molecule has 0 spiro atoms. The van der Waals surface area contributed by atoms with Gasteiger partial charge in [-0.3, -0.25) is 4.79 Å².